The molecule has 0 aliphatic carbocycles. The number of amides is 2. The van der Waals surface area contributed by atoms with Gasteiger partial charge >= 0.3 is 6.03 Å². The molecule has 0 bridgehead atoms. The van der Waals surface area contributed by atoms with E-state index in [1.165, 1.54) is 5.56 Å². The molecule has 1 aliphatic rings. The number of nitrogens with one attached hydrogen (secondary N) is 1. The van der Waals surface area contributed by atoms with Gasteiger partial charge in [-0.15, -0.1) is 11.3 Å². The standard InChI is InChI=1S/C18H24N4OS/c1-15(7-8-16-5-3-2-4-6-16)20-17(23)21-10-12-22(13-11-21)18-19-9-14-24-18/h2-6,9,14-15H,7-8,10-13H2,1H3,(H,20,23)/t15-/m0/s1. The lowest BCUT2D eigenvalue weighted by Crippen LogP contribution is -2.53. The number of carbonyl (C=O) groups excluding carboxylic acids is 1. The van der Waals surface area contributed by atoms with E-state index in [0.29, 0.717) is 0 Å². The van der Waals surface area contributed by atoms with E-state index in [-0.39, 0.29) is 12.1 Å². The second kappa shape index (κ2) is 8.15. The summed E-state index contributed by atoms with van der Waals surface area (Å²) in [5, 5.41) is 6.16. The number of piperazine rings is 1. The number of thiazole rings is 1. The van der Waals surface area contributed by atoms with Crippen LogP contribution in [0.4, 0.5) is 9.93 Å². The van der Waals surface area contributed by atoms with E-state index < -0.39 is 0 Å². The van der Waals surface area contributed by atoms with Gasteiger partial charge in [0.05, 0.1) is 0 Å². The number of rotatable bonds is 5. The van der Waals surface area contributed by atoms with Crippen molar-refractivity contribution in [3.8, 4) is 0 Å². The summed E-state index contributed by atoms with van der Waals surface area (Å²) < 4.78 is 0. The summed E-state index contributed by atoms with van der Waals surface area (Å²) in [6.45, 7) is 5.26. The molecule has 2 aromatic rings. The Morgan fingerprint density at radius 1 is 1.25 bits per heavy atom. The predicted molar refractivity (Wildman–Crippen MR) is 98.7 cm³/mol. The maximum Gasteiger partial charge on any atom is 0.317 e. The summed E-state index contributed by atoms with van der Waals surface area (Å²) in [5.74, 6) is 0. The number of hydrogen-bond acceptors (Lipinski definition) is 4. The molecule has 1 N–H and O–H groups in total. The lowest BCUT2D eigenvalue weighted by atomic mass is 10.1. The Labute approximate surface area is 147 Å². The zero-order chi connectivity index (χ0) is 16.8. The van der Waals surface area contributed by atoms with Gasteiger partial charge in [-0.05, 0) is 25.3 Å². The number of carbonyl (C=O) groups is 1. The Morgan fingerprint density at radius 2 is 2.00 bits per heavy atom. The van der Waals surface area contributed by atoms with E-state index in [0.717, 1.165) is 44.2 Å². The van der Waals surface area contributed by atoms with Crippen LogP contribution in [0.2, 0.25) is 0 Å². The minimum absolute atomic E-state index is 0.0503. The molecule has 0 radical (unpaired) electrons. The Bertz CT molecular complexity index is 624. The topological polar surface area (TPSA) is 48.5 Å². The van der Waals surface area contributed by atoms with Crippen LogP contribution in [-0.2, 0) is 6.42 Å². The fourth-order valence-corrected chi connectivity index (χ4v) is 3.57. The quantitative estimate of drug-likeness (QED) is 0.907. The fourth-order valence-electron chi connectivity index (χ4n) is 2.88. The van der Waals surface area contributed by atoms with Crippen molar-refractivity contribution in [2.75, 3.05) is 31.1 Å². The van der Waals surface area contributed by atoms with Gasteiger partial charge in [0.2, 0.25) is 0 Å². The molecule has 1 aromatic heterocycles. The van der Waals surface area contributed by atoms with E-state index in [1.54, 1.807) is 11.3 Å². The predicted octanol–water partition coefficient (Wildman–Crippen LogP) is 3.00. The molecule has 1 aliphatic heterocycles. The first kappa shape index (κ1) is 16.8. The molecule has 0 unspecified atom stereocenters. The van der Waals surface area contributed by atoms with Crippen molar-refractivity contribution in [1.29, 1.82) is 0 Å². The van der Waals surface area contributed by atoms with Crippen LogP contribution >= 0.6 is 11.3 Å². The third-order valence-corrected chi connectivity index (χ3v) is 5.17. The Morgan fingerprint density at radius 3 is 2.67 bits per heavy atom. The minimum Gasteiger partial charge on any atom is -0.345 e. The highest BCUT2D eigenvalue weighted by Crippen LogP contribution is 2.18. The molecule has 1 saturated heterocycles. The van der Waals surface area contributed by atoms with Crippen LogP contribution in [0.3, 0.4) is 0 Å². The Balaban J connectivity index is 1.40. The van der Waals surface area contributed by atoms with Crippen molar-refractivity contribution >= 4 is 22.5 Å². The molecule has 5 nitrogen and oxygen atoms in total. The van der Waals surface area contributed by atoms with Crippen molar-refractivity contribution < 1.29 is 4.79 Å². The smallest absolute Gasteiger partial charge is 0.317 e. The monoisotopic (exact) mass is 344 g/mol. The van der Waals surface area contributed by atoms with Gasteiger partial charge in [0.1, 0.15) is 0 Å². The number of aromatic nitrogens is 1. The van der Waals surface area contributed by atoms with Gasteiger partial charge in [-0.3, -0.25) is 0 Å². The van der Waals surface area contributed by atoms with E-state index >= 15 is 0 Å². The molecule has 6 heteroatoms. The third kappa shape index (κ3) is 4.47. The maximum atomic E-state index is 12.4. The van der Waals surface area contributed by atoms with Crippen LogP contribution in [0, 0.1) is 0 Å². The van der Waals surface area contributed by atoms with Crippen LogP contribution in [-0.4, -0.2) is 48.1 Å². The highest BCUT2D eigenvalue weighted by atomic mass is 32.1. The highest BCUT2D eigenvalue weighted by molar-refractivity contribution is 7.13. The molecule has 128 valence electrons. The van der Waals surface area contributed by atoms with Crippen molar-refractivity contribution in [2.45, 2.75) is 25.8 Å². The first-order valence-electron chi connectivity index (χ1n) is 8.46. The molecule has 0 spiro atoms. The number of anilines is 1. The molecule has 0 saturated carbocycles. The van der Waals surface area contributed by atoms with Crippen LogP contribution in [0.5, 0.6) is 0 Å². The number of aryl methyl sites for hydroxylation is 1. The molecule has 2 amide bonds. The summed E-state index contributed by atoms with van der Waals surface area (Å²) >= 11 is 1.65. The number of benzene rings is 1. The lowest BCUT2D eigenvalue weighted by Gasteiger charge is -2.35. The van der Waals surface area contributed by atoms with Gasteiger partial charge in [-0.2, -0.15) is 0 Å². The van der Waals surface area contributed by atoms with Crippen LogP contribution in [0.1, 0.15) is 18.9 Å². The maximum absolute atomic E-state index is 12.4. The normalized spacial score (nSPS) is 16.0. The fraction of sp³-hybridized carbons (Fsp3) is 0.444. The molecule has 24 heavy (non-hydrogen) atoms. The Hall–Kier alpha value is -2.08. The summed E-state index contributed by atoms with van der Waals surface area (Å²) in [7, 11) is 0. The largest absolute Gasteiger partial charge is 0.345 e. The van der Waals surface area contributed by atoms with Crippen molar-refractivity contribution in [3.63, 3.8) is 0 Å². The SMILES string of the molecule is C[C@@H](CCc1ccccc1)NC(=O)N1CCN(c2nccs2)CC1. The summed E-state index contributed by atoms with van der Waals surface area (Å²) in [5.41, 5.74) is 1.32. The van der Waals surface area contributed by atoms with Crippen LogP contribution in [0.15, 0.2) is 41.9 Å². The second-order valence-corrected chi connectivity index (χ2v) is 7.04. The van der Waals surface area contributed by atoms with Crippen LogP contribution < -0.4 is 10.2 Å². The summed E-state index contributed by atoms with van der Waals surface area (Å²) in [6, 6.07) is 10.6. The zero-order valence-corrected chi connectivity index (χ0v) is 14.8. The molecule has 2 heterocycles. The van der Waals surface area contributed by atoms with Gasteiger partial charge in [0.15, 0.2) is 5.13 Å². The number of hydrogen-bond donors (Lipinski definition) is 1. The molecule has 1 fully saturated rings. The van der Waals surface area contributed by atoms with Crippen molar-refractivity contribution in [1.82, 2.24) is 15.2 Å². The highest BCUT2D eigenvalue weighted by Gasteiger charge is 2.23. The van der Waals surface area contributed by atoms with Gasteiger partial charge < -0.3 is 15.1 Å². The Kier molecular flexibility index (Phi) is 5.69. The summed E-state index contributed by atoms with van der Waals surface area (Å²) in [6.07, 6.45) is 3.77. The lowest BCUT2D eigenvalue weighted by molar-refractivity contribution is 0.190. The van der Waals surface area contributed by atoms with Gasteiger partial charge in [-0.25, -0.2) is 9.78 Å². The average molecular weight is 344 g/mol. The van der Waals surface area contributed by atoms with Crippen molar-refractivity contribution in [2.24, 2.45) is 0 Å². The second-order valence-electron chi connectivity index (χ2n) is 6.16. The first-order valence-corrected chi connectivity index (χ1v) is 9.34. The minimum atomic E-state index is 0.0503. The molecule has 1 aromatic carbocycles. The number of urea groups is 1. The molecule has 1 atom stereocenters. The van der Waals surface area contributed by atoms with Crippen molar-refractivity contribution in [3.05, 3.63) is 47.5 Å². The van der Waals surface area contributed by atoms with E-state index in [4.69, 9.17) is 0 Å². The van der Waals surface area contributed by atoms with Gasteiger partial charge in [0.25, 0.3) is 0 Å². The number of nitrogens with zero attached hydrogens (tertiary/aromatic N) is 3. The van der Waals surface area contributed by atoms with E-state index in [2.05, 4.69) is 46.4 Å². The van der Waals surface area contributed by atoms with Gasteiger partial charge in [0, 0.05) is 43.8 Å². The molecular formula is C18H24N4OS. The summed E-state index contributed by atoms with van der Waals surface area (Å²) in [4.78, 5) is 20.9. The van der Waals surface area contributed by atoms with Crippen LogP contribution in [0.25, 0.3) is 0 Å². The van der Waals surface area contributed by atoms with E-state index in [9.17, 15) is 4.79 Å². The zero-order valence-electron chi connectivity index (χ0n) is 14.0. The third-order valence-electron chi connectivity index (χ3n) is 4.34. The van der Waals surface area contributed by atoms with E-state index in [1.807, 2.05) is 22.5 Å². The first-order chi connectivity index (χ1) is 11.7. The molecule has 3 rings (SSSR count). The average Bonchev–Trinajstić information content (AvgIpc) is 3.16. The van der Waals surface area contributed by atoms with Gasteiger partial charge in [-0.1, -0.05) is 30.3 Å². The molecular weight excluding hydrogens is 320 g/mol.